The van der Waals surface area contributed by atoms with Crippen molar-refractivity contribution in [3.05, 3.63) is 30.3 Å². The zero-order valence-electron chi connectivity index (χ0n) is 14.3. The molecule has 8 nitrogen and oxygen atoms in total. The Kier molecular flexibility index (Phi) is 6.40. The number of ether oxygens (including phenoxy) is 1. The minimum atomic E-state index is -3.31. The number of carbonyl (C=O) groups excluding carboxylic acids is 2. The molecule has 0 bridgehead atoms. The van der Waals surface area contributed by atoms with Gasteiger partial charge < -0.3 is 9.64 Å². The van der Waals surface area contributed by atoms with E-state index in [0.717, 1.165) is 6.26 Å². The van der Waals surface area contributed by atoms with Crippen LogP contribution in [-0.4, -0.2) is 64.9 Å². The van der Waals surface area contributed by atoms with Gasteiger partial charge in [-0.3, -0.25) is 9.59 Å². The highest BCUT2D eigenvalue weighted by Crippen LogP contribution is 2.24. The summed E-state index contributed by atoms with van der Waals surface area (Å²) in [7, 11) is -6.51. The summed E-state index contributed by atoms with van der Waals surface area (Å²) >= 11 is 0. The Bertz CT molecular complexity index is 863. The smallest absolute Gasteiger partial charge is 0.307 e. The standard InChI is InChI=1S/C16H21NO7S2/c1-25(20,21)9-8-16(19)24-11-15(18)17(13-5-3-2-4-6-13)14-7-10-26(22,23)12-14/h2-6,14H,7-12H2,1H3. The van der Waals surface area contributed by atoms with E-state index in [2.05, 4.69) is 0 Å². The van der Waals surface area contributed by atoms with Gasteiger partial charge in [0.25, 0.3) is 5.91 Å². The molecule has 1 aromatic carbocycles. The molecule has 0 N–H and O–H groups in total. The Balaban J connectivity index is 2.06. The first-order chi connectivity index (χ1) is 12.1. The van der Waals surface area contributed by atoms with Crippen LogP contribution in [0, 0.1) is 0 Å². The maximum absolute atomic E-state index is 12.6. The van der Waals surface area contributed by atoms with E-state index >= 15 is 0 Å². The molecule has 144 valence electrons. The zero-order chi connectivity index (χ0) is 19.4. The van der Waals surface area contributed by atoms with Gasteiger partial charge in [-0.2, -0.15) is 0 Å². The summed E-state index contributed by atoms with van der Waals surface area (Å²) in [6.45, 7) is -0.575. The molecule has 26 heavy (non-hydrogen) atoms. The van der Waals surface area contributed by atoms with Crippen LogP contribution >= 0.6 is 0 Å². The largest absolute Gasteiger partial charge is 0.456 e. The van der Waals surface area contributed by atoms with Crippen LogP contribution < -0.4 is 4.90 Å². The van der Waals surface area contributed by atoms with E-state index in [9.17, 15) is 26.4 Å². The van der Waals surface area contributed by atoms with E-state index in [0.29, 0.717) is 12.1 Å². The first-order valence-corrected chi connectivity index (χ1v) is 11.9. The lowest BCUT2D eigenvalue weighted by molar-refractivity contribution is -0.147. The van der Waals surface area contributed by atoms with Gasteiger partial charge >= 0.3 is 5.97 Å². The van der Waals surface area contributed by atoms with E-state index in [1.54, 1.807) is 30.3 Å². The molecule has 1 atom stereocenters. The Hall–Kier alpha value is -1.94. The third-order valence-corrected chi connectivity index (χ3v) is 6.61. The molecule has 1 unspecified atom stereocenters. The Morgan fingerprint density at radius 2 is 1.88 bits per heavy atom. The summed E-state index contributed by atoms with van der Waals surface area (Å²) in [4.78, 5) is 25.5. The number of nitrogens with zero attached hydrogens (tertiary/aromatic N) is 1. The number of carbonyl (C=O) groups is 2. The van der Waals surface area contributed by atoms with E-state index in [1.807, 2.05) is 0 Å². The number of hydrogen-bond donors (Lipinski definition) is 0. The second-order valence-corrected chi connectivity index (χ2v) is 10.7. The molecule has 1 amide bonds. The highest BCUT2D eigenvalue weighted by molar-refractivity contribution is 7.91. The van der Waals surface area contributed by atoms with Crippen LogP contribution in [0.25, 0.3) is 0 Å². The molecule has 0 aliphatic carbocycles. The first kappa shape index (κ1) is 20.4. The maximum atomic E-state index is 12.6. The van der Waals surface area contributed by atoms with Crippen molar-refractivity contribution in [1.82, 2.24) is 0 Å². The third kappa shape index (κ3) is 6.10. The first-order valence-electron chi connectivity index (χ1n) is 7.98. The molecule has 1 aliphatic rings. The van der Waals surface area contributed by atoms with Gasteiger partial charge in [-0.05, 0) is 18.6 Å². The molecule has 0 radical (unpaired) electrons. The van der Waals surface area contributed by atoms with Crippen LogP contribution in [0.5, 0.6) is 0 Å². The summed E-state index contributed by atoms with van der Waals surface area (Å²) in [5, 5.41) is 0. The van der Waals surface area contributed by atoms with Crippen LogP contribution in [0.1, 0.15) is 12.8 Å². The predicted molar refractivity (Wildman–Crippen MR) is 96.3 cm³/mol. The van der Waals surface area contributed by atoms with Gasteiger partial charge in [0.05, 0.1) is 29.7 Å². The lowest BCUT2D eigenvalue weighted by atomic mass is 10.2. The van der Waals surface area contributed by atoms with Gasteiger partial charge in [0.2, 0.25) is 0 Å². The molecule has 0 spiro atoms. The van der Waals surface area contributed by atoms with Gasteiger partial charge in [-0.1, -0.05) is 18.2 Å². The van der Waals surface area contributed by atoms with Gasteiger partial charge in [0, 0.05) is 11.9 Å². The van der Waals surface area contributed by atoms with Gasteiger partial charge in [-0.25, -0.2) is 16.8 Å². The number of hydrogen-bond acceptors (Lipinski definition) is 7. The average Bonchev–Trinajstić information content (AvgIpc) is 2.91. The van der Waals surface area contributed by atoms with Crippen molar-refractivity contribution < 1.29 is 31.2 Å². The lowest BCUT2D eigenvalue weighted by Crippen LogP contribution is -2.43. The monoisotopic (exact) mass is 403 g/mol. The third-order valence-electron chi connectivity index (χ3n) is 3.91. The fraction of sp³-hybridized carbons (Fsp3) is 0.500. The van der Waals surface area contributed by atoms with Crippen LogP contribution in [0.15, 0.2) is 30.3 Å². The number of para-hydroxylation sites is 1. The number of amides is 1. The maximum Gasteiger partial charge on any atom is 0.307 e. The van der Waals surface area contributed by atoms with E-state index in [-0.39, 0.29) is 23.7 Å². The number of anilines is 1. The molecule has 2 rings (SSSR count). The molecule has 1 aliphatic heterocycles. The van der Waals surface area contributed by atoms with Crippen molar-refractivity contribution in [2.75, 3.05) is 35.0 Å². The molecule has 1 fully saturated rings. The van der Waals surface area contributed by atoms with Crippen molar-refractivity contribution in [1.29, 1.82) is 0 Å². The summed E-state index contributed by atoms with van der Waals surface area (Å²) in [5.74, 6) is -1.84. The number of benzene rings is 1. The zero-order valence-corrected chi connectivity index (χ0v) is 16.0. The van der Waals surface area contributed by atoms with Crippen LogP contribution in [0.4, 0.5) is 5.69 Å². The SMILES string of the molecule is CS(=O)(=O)CCC(=O)OCC(=O)N(c1ccccc1)C1CCS(=O)(=O)C1. The second-order valence-electron chi connectivity index (χ2n) is 6.20. The highest BCUT2D eigenvalue weighted by Gasteiger charge is 2.35. The minimum absolute atomic E-state index is 0.00241. The van der Waals surface area contributed by atoms with Gasteiger partial charge in [-0.15, -0.1) is 0 Å². The summed E-state index contributed by atoms with van der Waals surface area (Å²) in [6.07, 6.45) is 0.976. The van der Waals surface area contributed by atoms with Gasteiger partial charge in [0.1, 0.15) is 9.84 Å². The van der Waals surface area contributed by atoms with E-state index in [4.69, 9.17) is 4.74 Å². The number of rotatable bonds is 7. The second kappa shape index (κ2) is 8.17. The Morgan fingerprint density at radius 1 is 1.23 bits per heavy atom. The molecule has 0 aromatic heterocycles. The van der Waals surface area contributed by atoms with Crippen molar-refractivity contribution in [2.45, 2.75) is 18.9 Å². The Morgan fingerprint density at radius 3 is 2.42 bits per heavy atom. The number of sulfone groups is 2. The molecule has 10 heteroatoms. The quantitative estimate of drug-likeness (QED) is 0.597. The van der Waals surface area contributed by atoms with Crippen molar-refractivity contribution in [3.8, 4) is 0 Å². The van der Waals surface area contributed by atoms with Crippen molar-refractivity contribution >= 4 is 37.2 Å². The fourth-order valence-electron chi connectivity index (χ4n) is 2.68. The summed E-state index contributed by atoms with van der Waals surface area (Å²) in [6, 6.07) is 8.03. The van der Waals surface area contributed by atoms with E-state index in [1.165, 1.54) is 4.90 Å². The Labute approximate surface area is 153 Å². The summed E-state index contributed by atoms with van der Waals surface area (Å²) in [5.41, 5.74) is 0.520. The van der Waals surface area contributed by atoms with E-state index < -0.39 is 44.2 Å². The fourth-order valence-corrected chi connectivity index (χ4v) is 4.92. The molecule has 0 saturated carbocycles. The van der Waals surface area contributed by atoms with Gasteiger partial charge in [0.15, 0.2) is 16.4 Å². The van der Waals surface area contributed by atoms with Crippen LogP contribution in [-0.2, 0) is 34.0 Å². The predicted octanol–water partition coefficient (Wildman–Crippen LogP) is 0.185. The normalized spacial score (nSPS) is 19.0. The number of esters is 1. The van der Waals surface area contributed by atoms with Crippen molar-refractivity contribution in [2.24, 2.45) is 0 Å². The molecule has 1 saturated heterocycles. The molecule has 1 heterocycles. The molecular weight excluding hydrogens is 382 g/mol. The average molecular weight is 403 g/mol. The topological polar surface area (TPSA) is 115 Å². The van der Waals surface area contributed by atoms with Crippen molar-refractivity contribution in [3.63, 3.8) is 0 Å². The summed E-state index contributed by atoms with van der Waals surface area (Å²) < 4.78 is 50.5. The highest BCUT2D eigenvalue weighted by atomic mass is 32.2. The van der Waals surface area contributed by atoms with Crippen LogP contribution in [0.3, 0.4) is 0 Å². The van der Waals surface area contributed by atoms with Crippen LogP contribution in [0.2, 0.25) is 0 Å². The lowest BCUT2D eigenvalue weighted by Gasteiger charge is -2.28. The molecular formula is C16H21NO7S2. The molecule has 1 aromatic rings. The minimum Gasteiger partial charge on any atom is -0.456 e.